The van der Waals surface area contributed by atoms with Crippen LogP contribution in [0.25, 0.3) is 0 Å². The number of carboxylic acids is 1. The second-order valence-corrected chi connectivity index (χ2v) is 7.42. The minimum absolute atomic E-state index is 0.282. The fourth-order valence-electron chi connectivity index (χ4n) is 2.92. The van der Waals surface area contributed by atoms with E-state index >= 15 is 0 Å². The Morgan fingerprint density at radius 1 is 1.00 bits per heavy atom. The lowest BCUT2D eigenvalue weighted by molar-refractivity contribution is -0.139. The highest BCUT2D eigenvalue weighted by molar-refractivity contribution is 9.10. The smallest absolute Gasteiger partial charge is 0.341 e. The molecule has 1 amide bonds. The summed E-state index contributed by atoms with van der Waals surface area (Å²) in [6, 6.07) is 22.1. The van der Waals surface area contributed by atoms with E-state index in [-0.39, 0.29) is 5.75 Å². The van der Waals surface area contributed by atoms with Crippen LogP contribution in [-0.4, -0.2) is 34.9 Å². The molecule has 8 heteroatoms. The first-order valence-corrected chi connectivity index (χ1v) is 10.0. The molecular formula is C23H19BrN2O5. The third kappa shape index (κ3) is 5.36. The molecule has 0 aliphatic carbocycles. The molecule has 0 aliphatic heterocycles. The molecule has 0 atom stereocenters. The molecule has 0 saturated carbocycles. The molecular weight excluding hydrogens is 464 g/mol. The molecule has 0 heterocycles. The summed E-state index contributed by atoms with van der Waals surface area (Å²) in [5.74, 6) is -1.58. The first-order chi connectivity index (χ1) is 14.9. The van der Waals surface area contributed by atoms with Gasteiger partial charge in [-0.05, 0) is 29.3 Å². The monoisotopic (exact) mass is 482 g/mol. The zero-order chi connectivity index (χ0) is 22.3. The number of hydrogen-bond acceptors (Lipinski definition) is 5. The molecule has 0 radical (unpaired) electrons. The van der Waals surface area contributed by atoms with Gasteiger partial charge in [-0.2, -0.15) is 5.10 Å². The van der Waals surface area contributed by atoms with Crippen molar-refractivity contribution in [3.63, 3.8) is 0 Å². The van der Waals surface area contributed by atoms with Gasteiger partial charge in [0.1, 0.15) is 5.75 Å². The maximum Gasteiger partial charge on any atom is 0.341 e. The van der Waals surface area contributed by atoms with Gasteiger partial charge in [0, 0.05) is 10.0 Å². The van der Waals surface area contributed by atoms with Gasteiger partial charge in [0.25, 0.3) is 5.91 Å². The van der Waals surface area contributed by atoms with Crippen molar-refractivity contribution in [3.05, 3.63) is 100 Å². The number of aliphatic hydroxyl groups is 1. The number of nitrogens with one attached hydrogen (secondary N) is 1. The third-order valence-corrected chi connectivity index (χ3v) is 4.90. The maximum absolute atomic E-state index is 13.0. The minimum atomic E-state index is -1.96. The molecule has 31 heavy (non-hydrogen) atoms. The normalized spacial score (nSPS) is 11.3. The number of carbonyl (C=O) groups is 2. The van der Waals surface area contributed by atoms with Crippen LogP contribution >= 0.6 is 15.9 Å². The van der Waals surface area contributed by atoms with Crippen LogP contribution in [0, 0.1) is 0 Å². The van der Waals surface area contributed by atoms with Crippen molar-refractivity contribution in [3.8, 4) is 5.75 Å². The number of carboxylic acid groups (broad SMARTS) is 1. The van der Waals surface area contributed by atoms with Gasteiger partial charge in [-0.3, -0.25) is 4.79 Å². The summed E-state index contributed by atoms with van der Waals surface area (Å²) in [5, 5.41) is 24.2. The zero-order valence-corrected chi connectivity index (χ0v) is 17.8. The van der Waals surface area contributed by atoms with Crippen molar-refractivity contribution in [1.29, 1.82) is 0 Å². The first kappa shape index (κ1) is 22.2. The Balaban J connectivity index is 1.86. The fraction of sp³-hybridized carbons (Fsp3) is 0.0870. The van der Waals surface area contributed by atoms with Crippen molar-refractivity contribution in [2.45, 2.75) is 5.60 Å². The van der Waals surface area contributed by atoms with E-state index in [1.807, 2.05) is 0 Å². The van der Waals surface area contributed by atoms with Gasteiger partial charge in [-0.15, -0.1) is 0 Å². The van der Waals surface area contributed by atoms with Gasteiger partial charge in [0.2, 0.25) is 0 Å². The Morgan fingerprint density at radius 3 is 2.13 bits per heavy atom. The highest BCUT2D eigenvalue weighted by atomic mass is 79.9. The summed E-state index contributed by atoms with van der Waals surface area (Å²) in [6.45, 7) is -0.517. The van der Waals surface area contributed by atoms with Gasteiger partial charge in [0.15, 0.2) is 12.2 Å². The van der Waals surface area contributed by atoms with E-state index in [1.165, 1.54) is 6.21 Å². The Kier molecular flexibility index (Phi) is 7.17. The molecule has 0 bridgehead atoms. The van der Waals surface area contributed by atoms with Crippen molar-refractivity contribution in [2.24, 2.45) is 5.10 Å². The number of nitrogens with zero attached hydrogens (tertiary/aromatic N) is 1. The second-order valence-electron chi connectivity index (χ2n) is 6.51. The van der Waals surface area contributed by atoms with Crippen LogP contribution in [0.1, 0.15) is 16.7 Å². The minimum Gasteiger partial charge on any atom is -0.481 e. The van der Waals surface area contributed by atoms with Crippen LogP contribution in [0.5, 0.6) is 5.75 Å². The summed E-state index contributed by atoms with van der Waals surface area (Å²) < 4.78 is 5.96. The van der Waals surface area contributed by atoms with E-state index in [9.17, 15) is 14.7 Å². The Morgan fingerprint density at radius 2 is 1.58 bits per heavy atom. The van der Waals surface area contributed by atoms with Gasteiger partial charge in [-0.1, -0.05) is 76.6 Å². The number of ether oxygens (including phenoxy) is 1. The molecule has 0 fully saturated rings. The number of hydrazone groups is 1. The van der Waals surface area contributed by atoms with E-state index in [0.29, 0.717) is 21.2 Å². The van der Waals surface area contributed by atoms with Gasteiger partial charge in [0.05, 0.1) is 6.21 Å². The number of halogens is 1. The van der Waals surface area contributed by atoms with Crippen molar-refractivity contribution in [1.82, 2.24) is 5.43 Å². The van der Waals surface area contributed by atoms with Crippen molar-refractivity contribution < 1.29 is 24.5 Å². The van der Waals surface area contributed by atoms with Gasteiger partial charge >= 0.3 is 5.97 Å². The molecule has 0 aromatic heterocycles. The van der Waals surface area contributed by atoms with Gasteiger partial charge in [-0.25, -0.2) is 10.2 Å². The Bertz CT molecular complexity index is 1050. The van der Waals surface area contributed by atoms with E-state index in [2.05, 4.69) is 26.5 Å². The number of aliphatic carboxylic acids is 1. The van der Waals surface area contributed by atoms with E-state index in [4.69, 9.17) is 9.84 Å². The van der Waals surface area contributed by atoms with Crippen LogP contribution in [0.2, 0.25) is 0 Å². The summed E-state index contributed by atoms with van der Waals surface area (Å²) in [6.07, 6.45) is 1.32. The molecule has 0 unspecified atom stereocenters. The molecule has 3 rings (SSSR count). The lowest BCUT2D eigenvalue weighted by Gasteiger charge is -2.27. The molecule has 3 N–H and O–H groups in total. The topological polar surface area (TPSA) is 108 Å². The highest BCUT2D eigenvalue weighted by Crippen LogP contribution is 2.30. The largest absolute Gasteiger partial charge is 0.481 e. The lowest BCUT2D eigenvalue weighted by atomic mass is 9.85. The average molecular weight is 483 g/mol. The zero-order valence-electron chi connectivity index (χ0n) is 16.2. The number of hydrogen-bond donors (Lipinski definition) is 3. The van der Waals surface area contributed by atoms with E-state index < -0.39 is 24.1 Å². The summed E-state index contributed by atoms with van der Waals surface area (Å²) in [4.78, 5) is 23.8. The predicted octanol–water partition coefficient (Wildman–Crippen LogP) is 3.30. The Labute approximate surface area is 187 Å². The summed E-state index contributed by atoms with van der Waals surface area (Å²) >= 11 is 3.33. The van der Waals surface area contributed by atoms with Crippen molar-refractivity contribution >= 4 is 34.0 Å². The number of rotatable bonds is 8. The standard InChI is InChI=1S/C23H19BrN2O5/c24-19-11-12-20(31-15-21(27)28)16(13-19)14-25-26-22(29)23(30,17-7-3-1-4-8-17)18-9-5-2-6-10-18/h1-14,30H,15H2,(H,26,29)(H,27,28). The molecule has 3 aromatic carbocycles. The van der Waals surface area contributed by atoms with E-state index in [0.717, 1.165) is 0 Å². The second kappa shape index (κ2) is 10.0. The SMILES string of the molecule is O=C(O)COc1ccc(Br)cc1C=NNC(=O)C(O)(c1ccccc1)c1ccccc1. The molecule has 158 valence electrons. The molecule has 0 saturated heterocycles. The first-order valence-electron chi connectivity index (χ1n) is 9.22. The summed E-state index contributed by atoms with van der Waals surface area (Å²) in [5.41, 5.74) is 1.64. The number of carbonyl (C=O) groups excluding carboxylic acids is 1. The van der Waals surface area contributed by atoms with Crippen LogP contribution in [-0.2, 0) is 15.2 Å². The van der Waals surface area contributed by atoms with Crippen LogP contribution in [0.15, 0.2) is 88.4 Å². The third-order valence-electron chi connectivity index (χ3n) is 4.40. The quantitative estimate of drug-likeness (QED) is 0.337. The molecule has 0 aliphatic rings. The maximum atomic E-state index is 13.0. The molecule has 0 spiro atoms. The number of amides is 1. The highest BCUT2D eigenvalue weighted by Gasteiger charge is 2.39. The molecule has 7 nitrogen and oxygen atoms in total. The lowest BCUT2D eigenvalue weighted by Crippen LogP contribution is -2.43. The van der Waals surface area contributed by atoms with Crippen LogP contribution < -0.4 is 10.2 Å². The number of benzene rings is 3. The molecule has 3 aromatic rings. The van der Waals surface area contributed by atoms with E-state index in [1.54, 1.807) is 78.9 Å². The fourth-order valence-corrected chi connectivity index (χ4v) is 3.30. The average Bonchev–Trinajstić information content (AvgIpc) is 2.79. The van der Waals surface area contributed by atoms with Crippen LogP contribution in [0.4, 0.5) is 0 Å². The van der Waals surface area contributed by atoms with Gasteiger partial charge < -0.3 is 14.9 Å². The Hall–Kier alpha value is -3.49. The van der Waals surface area contributed by atoms with Crippen LogP contribution in [0.3, 0.4) is 0 Å². The predicted molar refractivity (Wildman–Crippen MR) is 119 cm³/mol. The summed E-state index contributed by atoms with van der Waals surface area (Å²) in [7, 11) is 0. The van der Waals surface area contributed by atoms with Crippen molar-refractivity contribution in [2.75, 3.05) is 6.61 Å².